The van der Waals surface area contributed by atoms with E-state index in [1.165, 1.54) is 6.92 Å². The summed E-state index contributed by atoms with van der Waals surface area (Å²) in [7, 11) is 0. The van der Waals surface area contributed by atoms with Crippen LogP contribution in [0.25, 0.3) is 11.8 Å². The standard InChI is InChI=1S/C28H28N2O5S/c1-5-34-27(32)20(4)30-26(31)25(36-28(30)33)16-22-15-18(2)29(19(22)3)23-11-13-24(14-12-23)35-17-21-9-7-6-8-10-21/h6-16,20H,5,17H2,1-4H3/b25-16+/t20-/m1/s1. The molecule has 0 bridgehead atoms. The molecule has 0 saturated carbocycles. The Bertz CT molecular complexity index is 1310. The molecule has 2 amide bonds. The van der Waals surface area contributed by atoms with Gasteiger partial charge in [0.2, 0.25) is 0 Å². The summed E-state index contributed by atoms with van der Waals surface area (Å²) in [5, 5.41) is -0.480. The number of amides is 2. The van der Waals surface area contributed by atoms with Gasteiger partial charge in [-0.2, -0.15) is 0 Å². The van der Waals surface area contributed by atoms with Crippen molar-refractivity contribution in [3.63, 3.8) is 0 Å². The number of hydrogen-bond donors (Lipinski definition) is 0. The highest BCUT2D eigenvalue weighted by Gasteiger charge is 2.41. The molecule has 1 atom stereocenters. The predicted octanol–water partition coefficient (Wildman–Crippen LogP) is 5.66. The minimum absolute atomic E-state index is 0.182. The number of carbonyl (C=O) groups is 3. The summed E-state index contributed by atoms with van der Waals surface area (Å²) in [6, 6.07) is 18.8. The first-order valence-corrected chi connectivity index (χ1v) is 12.5. The summed E-state index contributed by atoms with van der Waals surface area (Å²) in [6.07, 6.45) is 1.71. The largest absolute Gasteiger partial charge is 0.489 e. The number of aromatic nitrogens is 1. The van der Waals surface area contributed by atoms with Crippen LogP contribution in [0.15, 0.2) is 65.6 Å². The van der Waals surface area contributed by atoms with Crippen LogP contribution in [0.5, 0.6) is 5.75 Å². The van der Waals surface area contributed by atoms with Gasteiger partial charge < -0.3 is 14.0 Å². The van der Waals surface area contributed by atoms with Gasteiger partial charge in [-0.1, -0.05) is 30.3 Å². The molecule has 1 aliphatic rings. The van der Waals surface area contributed by atoms with E-state index >= 15 is 0 Å². The summed E-state index contributed by atoms with van der Waals surface area (Å²) in [4.78, 5) is 38.7. The molecule has 36 heavy (non-hydrogen) atoms. The Labute approximate surface area is 214 Å². The third kappa shape index (κ3) is 5.23. The maximum absolute atomic E-state index is 12.9. The normalized spacial score (nSPS) is 15.4. The van der Waals surface area contributed by atoms with Crippen LogP contribution in [0.3, 0.4) is 0 Å². The van der Waals surface area contributed by atoms with Gasteiger partial charge in [-0.25, -0.2) is 4.79 Å². The van der Waals surface area contributed by atoms with E-state index in [4.69, 9.17) is 9.47 Å². The van der Waals surface area contributed by atoms with E-state index in [-0.39, 0.29) is 11.5 Å². The molecule has 0 unspecified atom stereocenters. The minimum atomic E-state index is -0.974. The zero-order chi connectivity index (χ0) is 25.8. The molecule has 7 nitrogen and oxygen atoms in total. The van der Waals surface area contributed by atoms with Gasteiger partial charge in [0.05, 0.1) is 11.5 Å². The van der Waals surface area contributed by atoms with Crippen LogP contribution in [0.4, 0.5) is 4.79 Å². The number of carbonyl (C=O) groups excluding carboxylic acids is 3. The number of nitrogens with zero attached hydrogens (tertiary/aromatic N) is 2. The van der Waals surface area contributed by atoms with E-state index in [1.54, 1.807) is 13.0 Å². The SMILES string of the molecule is CCOC(=O)[C@@H](C)N1C(=O)S/C(=C/c2cc(C)n(-c3ccc(OCc4ccccc4)cc3)c2C)C1=O. The van der Waals surface area contributed by atoms with Gasteiger partial charge in [0.25, 0.3) is 11.1 Å². The van der Waals surface area contributed by atoms with E-state index in [9.17, 15) is 14.4 Å². The molecule has 1 saturated heterocycles. The number of aryl methyl sites for hydroxylation is 1. The van der Waals surface area contributed by atoms with Crippen molar-refractivity contribution in [1.29, 1.82) is 0 Å². The third-order valence-corrected chi connectivity index (χ3v) is 6.82. The summed E-state index contributed by atoms with van der Waals surface area (Å²) < 4.78 is 12.9. The number of rotatable bonds is 8. The summed E-state index contributed by atoms with van der Waals surface area (Å²) >= 11 is 0.831. The summed E-state index contributed by atoms with van der Waals surface area (Å²) in [5.41, 5.74) is 4.79. The summed E-state index contributed by atoms with van der Waals surface area (Å²) in [6.45, 7) is 7.80. The van der Waals surface area contributed by atoms with E-state index < -0.39 is 23.2 Å². The Kier molecular flexibility index (Phi) is 7.64. The maximum Gasteiger partial charge on any atom is 0.329 e. The van der Waals surface area contributed by atoms with Gasteiger partial charge >= 0.3 is 5.97 Å². The molecular weight excluding hydrogens is 476 g/mol. The van der Waals surface area contributed by atoms with Crippen molar-refractivity contribution in [2.75, 3.05) is 6.61 Å². The molecule has 3 aromatic rings. The van der Waals surface area contributed by atoms with Gasteiger partial charge in [-0.05, 0) is 87.0 Å². The molecule has 2 aromatic carbocycles. The van der Waals surface area contributed by atoms with Crippen LogP contribution >= 0.6 is 11.8 Å². The van der Waals surface area contributed by atoms with Gasteiger partial charge in [0.1, 0.15) is 18.4 Å². The van der Waals surface area contributed by atoms with Crippen LogP contribution in [-0.4, -0.2) is 39.2 Å². The molecule has 0 spiro atoms. The predicted molar refractivity (Wildman–Crippen MR) is 140 cm³/mol. The lowest BCUT2D eigenvalue weighted by atomic mass is 10.2. The second-order valence-electron chi connectivity index (χ2n) is 8.41. The van der Waals surface area contributed by atoms with E-state index in [0.717, 1.165) is 50.6 Å². The van der Waals surface area contributed by atoms with Crippen molar-refractivity contribution in [3.8, 4) is 11.4 Å². The quantitative estimate of drug-likeness (QED) is 0.291. The molecule has 186 valence electrons. The number of imide groups is 1. The molecule has 0 radical (unpaired) electrons. The van der Waals surface area contributed by atoms with Crippen LogP contribution < -0.4 is 4.74 Å². The first-order valence-electron chi connectivity index (χ1n) is 11.7. The second kappa shape index (κ2) is 10.9. The fourth-order valence-electron chi connectivity index (χ4n) is 4.09. The van der Waals surface area contributed by atoms with Gasteiger partial charge in [0.15, 0.2) is 0 Å². The van der Waals surface area contributed by atoms with Crippen molar-refractivity contribution in [2.24, 2.45) is 0 Å². The number of esters is 1. The van der Waals surface area contributed by atoms with Crippen LogP contribution in [0.1, 0.15) is 36.4 Å². The van der Waals surface area contributed by atoms with Crippen molar-refractivity contribution < 1.29 is 23.9 Å². The van der Waals surface area contributed by atoms with E-state index in [0.29, 0.717) is 6.61 Å². The fraction of sp³-hybridized carbons (Fsp3) is 0.250. The van der Waals surface area contributed by atoms with Crippen molar-refractivity contribution in [3.05, 3.63) is 88.1 Å². The van der Waals surface area contributed by atoms with Crippen molar-refractivity contribution >= 4 is 35.0 Å². The molecule has 0 aliphatic carbocycles. The lowest BCUT2D eigenvalue weighted by Gasteiger charge is -2.19. The minimum Gasteiger partial charge on any atom is -0.489 e. The van der Waals surface area contributed by atoms with Crippen molar-refractivity contribution in [2.45, 2.75) is 40.3 Å². The number of ether oxygens (including phenoxy) is 2. The lowest BCUT2D eigenvalue weighted by molar-refractivity contribution is -0.150. The van der Waals surface area contributed by atoms with Gasteiger partial charge in [0, 0.05) is 17.1 Å². The van der Waals surface area contributed by atoms with Gasteiger partial charge in [-0.3, -0.25) is 14.5 Å². The average molecular weight is 505 g/mol. The Balaban J connectivity index is 1.52. The Morgan fingerprint density at radius 3 is 2.42 bits per heavy atom. The summed E-state index contributed by atoms with van der Waals surface area (Å²) in [5.74, 6) is -0.319. The molecule has 4 rings (SSSR count). The zero-order valence-corrected chi connectivity index (χ0v) is 21.5. The molecule has 0 N–H and O–H groups in total. The molecule has 1 fully saturated rings. The number of hydrogen-bond acceptors (Lipinski definition) is 6. The Morgan fingerprint density at radius 1 is 1.06 bits per heavy atom. The molecule has 2 heterocycles. The van der Waals surface area contributed by atoms with E-state index in [2.05, 4.69) is 4.57 Å². The number of thioether (sulfide) groups is 1. The second-order valence-corrected chi connectivity index (χ2v) is 9.40. The van der Waals surface area contributed by atoms with Gasteiger partial charge in [-0.15, -0.1) is 0 Å². The highest BCUT2D eigenvalue weighted by atomic mass is 32.2. The Morgan fingerprint density at radius 2 is 1.75 bits per heavy atom. The molecular formula is C28H28N2O5S. The smallest absolute Gasteiger partial charge is 0.329 e. The van der Waals surface area contributed by atoms with Crippen LogP contribution in [-0.2, 0) is 20.9 Å². The lowest BCUT2D eigenvalue weighted by Crippen LogP contribution is -2.42. The van der Waals surface area contributed by atoms with Crippen molar-refractivity contribution in [1.82, 2.24) is 9.47 Å². The Hall–Kier alpha value is -3.78. The molecule has 8 heteroatoms. The third-order valence-electron chi connectivity index (χ3n) is 5.94. The first-order chi connectivity index (χ1) is 17.3. The molecule has 1 aromatic heterocycles. The highest BCUT2D eigenvalue weighted by Crippen LogP contribution is 2.35. The highest BCUT2D eigenvalue weighted by molar-refractivity contribution is 8.18. The first kappa shape index (κ1) is 25.3. The monoisotopic (exact) mass is 504 g/mol. The molecule has 1 aliphatic heterocycles. The maximum atomic E-state index is 12.9. The fourth-order valence-corrected chi connectivity index (χ4v) is 4.99. The van der Waals surface area contributed by atoms with Crippen LogP contribution in [0.2, 0.25) is 0 Å². The average Bonchev–Trinajstić information content (AvgIpc) is 3.31. The van der Waals surface area contributed by atoms with Crippen LogP contribution in [0, 0.1) is 13.8 Å². The van der Waals surface area contributed by atoms with E-state index in [1.807, 2.05) is 74.5 Å². The topological polar surface area (TPSA) is 77.8 Å². The zero-order valence-electron chi connectivity index (χ0n) is 20.7. The number of benzene rings is 2.